The average molecular weight is 288 g/mol. The van der Waals surface area contributed by atoms with Crippen LogP contribution in [0.25, 0.3) is 0 Å². The predicted octanol–water partition coefficient (Wildman–Crippen LogP) is 3.72. The van der Waals surface area contributed by atoms with E-state index in [1.807, 2.05) is 0 Å². The smallest absolute Gasteiger partial charge is 0.137 e. The molecule has 3 rings (SSSR count). The number of hydrogen-bond donors (Lipinski definition) is 1. The maximum atomic E-state index is 4.94. The lowest BCUT2D eigenvalue weighted by atomic mass is 10.00. The van der Waals surface area contributed by atoms with Crippen molar-refractivity contribution in [3.05, 3.63) is 11.4 Å². The fourth-order valence-corrected chi connectivity index (χ4v) is 3.15. The van der Waals surface area contributed by atoms with Gasteiger partial charge in [-0.25, -0.2) is 9.97 Å². The minimum absolute atomic E-state index is 0.605. The van der Waals surface area contributed by atoms with Crippen molar-refractivity contribution in [1.29, 1.82) is 0 Å². The lowest BCUT2D eigenvalue weighted by Crippen LogP contribution is -2.35. The van der Waals surface area contributed by atoms with Crippen molar-refractivity contribution in [1.82, 2.24) is 9.97 Å². The monoisotopic (exact) mass is 288 g/mol. The van der Waals surface area contributed by atoms with Gasteiger partial charge in [0.25, 0.3) is 0 Å². The van der Waals surface area contributed by atoms with Crippen LogP contribution in [0.2, 0.25) is 0 Å². The van der Waals surface area contributed by atoms with Gasteiger partial charge in [0.1, 0.15) is 17.5 Å². The van der Waals surface area contributed by atoms with E-state index in [0.717, 1.165) is 43.6 Å². The summed E-state index contributed by atoms with van der Waals surface area (Å²) in [4.78, 5) is 12.2. The molecule has 1 aliphatic heterocycles. The number of anilines is 2. The molecule has 1 aromatic rings. The fraction of sp³-hybridized carbons (Fsp3) is 0.765. The van der Waals surface area contributed by atoms with E-state index in [1.54, 1.807) is 0 Å². The van der Waals surface area contributed by atoms with E-state index in [0.29, 0.717) is 5.92 Å². The highest BCUT2D eigenvalue weighted by molar-refractivity contribution is 5.59. The normalized spacial score (nSPS) is 22.4. The molecule has 1 saturated heterocycles. The molecule has 4 nitrogen and oxygen atoms in total. The van der Waals surface area contributed by atoms with Gasteiger partial charge in [0.05, 0.1) is 0 Å². The summed E-state index contributed by atoms with van der Waals surface area (Å²) in [6.07, 6.45) is 6.26. The SMILES string of the molecule is CCCNc1nc(C2CC2)nc(N2CCCC(C)C2)c1C. The Balaban J connectivity index is 1.91. The molecular weight excluding hydrogens is 260 g/mol. The Morgan fingerprint density at radius 1 is 1.24 bits per heavy atom. The Labute approximate surface area is 128 Å². The predicted molar refractivity (Wildman–Crippen MR) is 88.1 cm³/mol. The van der Waals surface area contributed by atoms with Crippen LogP contribution in [-0.4, -0.2) is 29.6 Å². The van der Waals surface area contributed by atoms with Crippen LogP contribution < -0.4 is 10.2 Å². The van der Waals surface area contributed by atoms with E-state index in [9.17, 15) is 0 Å². The standard InChI is InChI=1S/C17H28N4/c1-4-9-18-15-13(3)17(20-16(19-15)14-7-8-14)21-10-5-6-12(2)11-21/h12,14H,4-11H2,1-3H3,(H,18,19,20). The van der Waals surface area contributed by atoms with Crippen molar-refractivity contribution in [2.45, 2.75) is 58.8 Å². The Hall–Kier alpha value is -1.32. The number of aromatic nitrogens is 2. The highest BCUT2D eigenvalue weighted by Crippen LogP contribution is 2.40. The van der Waals surface area contributed by atoms with Crippen molar-refractivity contribution in [2.75, 3.05) is 29.9 Å². The van der Waals surface area contributed by atoms with Gasteiger partial charge in [-0.15, -0.1) is 0 Å². The summed E-state index contributed by atoms with van der Waals surface area (Å²) in [6.45, 7) is 9.97. The summed E-state index contributed by atoms with van der Waals surface area (Å²) >= 11 is 0. The van der Waals surface area contributed by atoms with Crippen molar-refractivity contribution >= 4 is 11.6 Å². The zero-order valence-electron chi connectivity index (χ0n) is 13.7. The first-order valence-electron chi connectivity index (χ1n) is 8.56. The van der Waals surface area contributed by atoms with Crippen LogP contribution in [0, 0.1) is 12.8 Å². The van der Waals surface area contributed by atoms with Crippen LogP contribution >= 0.6 is 0 Å². The third-order valence-corrected chi connectivity index (χ3v) is 4.58. The average Bonchev–Trinajstić information content (AvgIpc) is 3.31. The lowest BCUT2D eigenvalue weighted by molar-refractivity contribution is 0.443. The highest BCUT2D eigenvalue weighted by Gasteiger charge is 2.29. The van der Waals surface area contributed by atoms with E-state index in [4.69, 9.17) is 9.97 Å². The lowest BCUT2D eigenvalue weighted by Gasteiger charge is -2.33. The van der Waals surface area contributed by atoms with Gasteiger partial charge in [-0.3, -0.25) is 0 Å². The summed E-state index contributed by atoms with van der Waals surface area (Å²) in [5.41, 5.74) is 1.22. The van der Waals surface area contributed by atoms with Gasteiger partial charge in [0, 0.05) is 31.1 Å². The van der Waals surface area contributed by atoms with E-state index in [1.165, 1.54) is 37.1 Å². The van der Waals surface area contributed by atoms with Gasteiger partial charge in [0.2, 0.25) is 0 Å². The maximum absolute atomic E-state index is 4.94. The number of nitrogens with one attached hydrogen (secondary N) is 1. The summed E-state index contributed by atoms with van der Waals surface area (Å²) in [7, 11) is 0. The molecule has 0 radical (unpaired) electrons. The Bertz CT molecular complexity index is 496. The maximum Gasteiger partial charge on any atom is 0.137 e. The molecule has 1 aliphatic carbocycles. The third kappa shape index (κ3) is 3.30. The largest absolute Gasteiger partial charge is 0.370 e. The zero-order chi connectivity index (χ0) is 14.8. The van der Waals surface area contributed by atoms with Crippen molar-refractivity contribution in [2.24, 2.45) is 5.92 Å². The van der Waals surface area contributed by atoms with E-state index < -0.39 is 0 Å². The minimum atomic E-state index is 0.605. The van der Waals surface area contributed by atoms with E-state index in [2.05, 4.69) is 31.0 Å². The van der Waals surface area contributed by atoms with Gasteiger partial charge in [-0.2, -0.15) is 0 Å². The van der Waals surface area contributed by atoms with Crippen LogP contribution in [0.15, 0.2) is 0 Å². The summed E-state index contributed by atoms with van der Waals surface area (Å²) in [6, 6.07) is 0. The van der Waals surface area contributed by atoms with Crippen LogP contribution in [0.3, 0.4) is 0 Å². The van der Waals surface area contributed by atoms with Crippen LogP contribution in [-0.2, 0) is 0 Å². The molecule has 2 fully saturated rings. The molecule has 0 bridgehead atoms. The number of nitrogens with zero attached hydrogens (tertiary/aromatic N) is 3. The summed E-state index contributed by atoms with van der Waals surface area (Å²) < 4.78 is 0. The number of hydrogen-bond acceptors (Lipinski definition) is 4. The molecule has 116 valence electrons. The van der Waals surface area contributed by atoms with Crippen LogP contribution in [0.1, 0.15) is 63.3 Å². The molecule has 2 heterocycles. The first-order chi connectivity index (χ1) is 10.2. The topological polar surface area (TPSA) is 41.1 Å². The van der Waals surface area contributed by atoms with Crippen LogP contribution in [0.5, 0.6) is 0 Å². The summed E-state index contributed by atoms with van der Waals surface area (Å²) in [5, 5.41) is 3.50. The molecule has 2 aliphatic rings. The van der Waals surface area contributed by atoms with Gasteiger partial charge >= 0.3 is 0 Å². The molecule has 1 aromatic heterocycles. The Morgan fingerprint density at radius 2 is 2.05 bits per heavy atom. The molecule has 21 heavy (non-hydrogen) atoms. The second-order valence-electron chi connectivity index (χ2n) is 6.77. The Kier molecular flexibility index (Phi) is 4.32. The molecule has 1 unspecified atom stereocenters. The Morgan fingerprint density at radius 3 is 2.71 bits per heavy atom. The van der Waals surface area contributed by atoms with E-state index in [-0.39, 0.29) is 0 Å². The fourth-order valence-electron chi connectivity index (χ4n) is 3.15. The van der Waals surface area contributed by atoms with E-state index >= 15 is 0 Å². The minimum Gasteiger partial charge on any atom is -0.370 e. The first kappa shape index (κ1) is 14.6. The molecule has 0 spiro atoms. The molecule has 1 saturated carbocycles. The molecule has 0 amide bonds. The van der Waals surface area contributed by atoms with Gasteiger partial charge in [-0.1, -0.05) is 13.8 Å². The highest BCUT2D eigenvalue weighted by atomic mass is 15.2. The van der Waals surface area contributed by atoms with Crippen molar-refractivity contribution < 1.29 is 0 Å². The second kappa shape index (κ2) is 6.20. The van der Waals surface area contributed by atoms with Gasteiger partial charge in [0.15, 0.2) is 0 Å². The van der Waals surface area contributed by atoms with Gasteiger partial charge < -0.3 is 10.2 Å². The molecular formula is C17H28N4. The van der Waals surface area contributed by atoms with Crippen molar-refractivity contribution in [3.8, 4) is 0 Å². The summed E-state index contributed by atoms with van der Waals surface area (Å²) in [5.74, 6) is 4.67. The van der Waals surface area contributed by atoms with Crippen LogP contribution in [0.4, 0.5) is 11.6 Å². The molecule has 0 aromatic carbocycles. The second-order valence-corrected chi connectivity index (χ2v) is 6.77. The zero-order valence-corrected chi connectivity index (χ0v) is 13.7. The molecule has 4 heteroatoms. The van der Waals surface area contributed by atoms with Gasteiger partial charge in [-0.05, 0) is 44.9 Å². The number of piperidine rings is 1. The molecule has 1 N–H and O–H groups in total. The first-order valence-corrected chi connectivity index (χ1v) is 8.56. The molecule has 1 atom stereocenters. The number of rotatable bonds is 5. The quantitative estimate of drug-likeness (QED) is 0.896. The van der Waals surface area contributed by atoms with Crippen molar-refractivity contribution in [3.63, 3.8) is 0 Å². The third-order valence-electron chi connectivity index (χ3n) is 4.58.